The fourth-order valence-electron chi connectivity index (χ4n) is 11.7. The second-order valence-corrected chi connectivity index (χ2v) is 28.1. The quantitative estimate of drug-likeness (QED) is 0.0522. The van der Waals surface area contributed by atoms with Gasteiger partial charge in [-0.15, -0.1) is 11.8 Å². The Hall–Kier alpha value is -6.60. The number of benzene rings is 5. The maximum Gasteiger partial charge on any atom is 0.501 e. The van der Waals surface area contributed by atoms with E-state index in [0.29, 0.717) is 69.9 Å². The highest BCUT2D eigenvalue weighted by molar-refractivity contribution is 7.99. The van der Waals surface area contributed by atoms with Gasteiger partial charge in [0.15, 0.2) is 0 Å². The zero-order chi connectivity index (χ0) is 60.4. The zero-order valence-corrected chi connectivity index (χ0v) is 50.2. The third-order valence-corrected chi connectivity index (χ3v) is 20.7. The van der Waals surface area contributed by atoms with E-state index in [1.54, 1.807) is 30.3 Å². The predicted octanol–water partition coefficient (Wildman–Crippen LogP) is 8.72. The maximum absolute atomic E-state index is 14.5. The number of anilines is 2. The van der Waals surface area contributed by atoms with E-state index in [-0.39, 0.29) is 40.7 Å². The lowest BCUT2D eigenvalue weighted by atomic mass is 9.73. The second-order valence-electron chi connectivity index (χ2n) is 23.0. The molecule has 3 fully saturated rings. The molecule has 2 atom stereocenters. The van der Waals surface area contributed by atoms with E-state index < -0.39 is 82.5 Å². The number of carbonyl (C=O) groups excluding carboxylic acids is 5. The van der Waals surface area contributed by atoms with E-state index in [9.17, 15) is 54.0 Å². The zero-order valence-electron chi connectivity index (χ0n) is 47.0. The summed E-state index contributed by atoms with van der Waals surface area (Å²) < 4.78 is 99.8. The lowest BCUT2D eigenvalue weighted by Crippen LogP contribution is -2.54. The average Bonchev–Trinajstić information content (AvgIpc) is 2.66. The lowest BCUT2D eigenvalue weighted by Gasteiger charge is -2.39. The Labute approximate surface area is 502 Å². The van der Waals surface area contributed by atoms with Gasteiger partial charge in [-0.2, -0.15) is 13.2 Å². The van der Waals surface area contributed by atoms with E-state index in [1.165, 1.54) is 40.6 Å². The van der Waals surface area contributed by atoms with Gasteiger partial charge in [0.1, 0.15) is 10.9 Å². The number of carbonyl (C=O) groups is 5. The van der Waals surface area contributed by atoms with Crippen LogP contribution in [0.2, 0.25) is 5.02 Å². The summed E-state index contributed by atoms with van der Waals surface area (Å²) in [6.07, 6.45) is 3.49. The Balaban J connectivity index is 0.769. The number of fused-ring (bicyclic) bond motifs is 1. The third-order valence-electron chi connectivity index (χ3n) is 16.5. The number of halogens is 4. The van der Waals surface area contributed by atoms with Gasteiger partial charge < -0.3 is 15.1 Å². The van der Waals surface area contributed by atoms with Crippen molar-refractivity contribution in [2.24, 2.45) is 5.41 Å². The number of sulfone groups is 1. The molecule has 5 amide bonds. The fourth-order valence-corrected chi connectivity index (χ4v) is 14.9. The number of piperazine rings is 2. The number of amides is 5. The molecule has 4 aliphatic heterocycles. The lowest BCUT2D eigenvalue weighted by molar-refractivity contribution is -0.136. The topological polar surface area (TPSA) is 206 Å². The molecule has 4 heterocycles. The summed E-state index contributed by atoms with van der Waals surface area (Å²) in [6.45, 7) is 11.7. The number of hydrogen-bond donors (Lipinski definition) is 3. The molecule has 17 nitrogen and oxygen atoms in total. The SMILES string of the molecule is CC1(C)CCC(c2ccc(Cl)cc2)=C(CN2CCN(c3ccc(C(=O)NS(=O)(=O)c4ccc(N[C@H](CCN5CCN(Cc6ccc7c(c6)C(=O)N(C6CCC(=O)NC6=O)C7=O)CC5)CSc5ccccc5)c(S(=O)(=O)C(F)(F)F)c4)cc3)CC2)C1. The van der Waals surface area contributed by atoms with Crippen molar-refractivity contribution in [1.82, 2.24) is 29.6 Å². The van der Waals surface area contributed by atoms with E-state index in [1.807, 2.05) is 47.2 Å². The number of allylic oxidation sites excluding steroid dienone is 1. The Morgan fingerprint density at radius 1 is 0.765 bits per heavy atom. The summed E-state index contributed by atoms with van der Waals surface area (Å²) in [5.74, 6) is -3.12. The highest BCUT2D eigenvalue weighted by Gasteiger charge is 2.49. The van der Waals surface area contributed by atoms with Crippen LogP contribution < -0.4 is 20.3 Å². The number of thioether (sulfide) groups is 1. The van der Waals surface area contributed by atoms with Crippen LogP contribution in [0.25, 0.3) is 5.57 Å². The summed E-state index contributed by atoms with van der Waals surface area (Å²) in [5, 5.41) is 5.92. The molecule has 0 bridgehead atoms. The first-order valence-corrected chi connectivity index (χ1v) is 32.5. The fraction of sp³-hybridized carbons (Fsp3) is 0.393. The number of nitrogens with one attached hydrogen (secondary N) is 3. The maximum atomic E-state index is 14.5. The minimum absolute atomic E-state index is 0.00839. The molecule has 450 valence electrons. The van der Waals surface area contributed by atoms with Crippen LogP contribution in [0.15, 0.2) is 136 Å². The van der Waals surface area contributed by atoms with E-state index in [4.69, 9.17) is 11.6 Å². The van der Waals surface area contributed by atoms with Crippen molar-refractivity contribution in [3.63, 3.8) is 0 Å². The van der Waals surface area contributed by atoms with E-state index >= 15 is 0 Å². The number of rotatable bonds is 19. The first-order valence-electron chi connectivity index (χ1n) is 28.2. The van der Waals surface area contributed by atoms with Crippen LogP contribution in [-0.4, -0.2) is 155 Å². The summed E-state index contributed by atoms with van der Waals surface area (Å²) in [5.41, 5.74) is -0.152. The third kappa shape index (κ3) is 14.3. The van der Waals surface area contributed by atoms with Crippen LogP contribution in [0, 0.1) is 5.41 Å². The number of imide groups is 2. The van der Waals surface area contributed by atoms with Gasteiger partial charge in [-0.05, 0) is 133 Å². The molecule has 0 spiro atoms. The van der Waals surface area contributed by atoms with Crippen LogP contribution in [0.3, 0.4) is 0 Å². The van der Waals surface area contributed by atoms with Gasteiger partial charge >= 0.3 is 5.51 Å². The molecule has 3 N–H and O–H groups in total. The van der Waals surface area contributed by atoms with Gasteiger partial charge in [0.2, 0.25) is 11.8 Å². The predicted molar refractivity (Wildman–Crippen MR) is 319 cm³/mol. The van der Waals surface area contributed by atoms with Crippen LogP contribution in [0.5, 0.6) is 0 Å². The summed E-state index contributed by atoms with van der Waals surface area (Å²) in [6, 6.07) is 29.2. The molecule has 1 aliphatic carbocycles. The summed E-state index contributed by atoms with van der Waals surface area (Å²) in [4.78, 5) is 73.0. The summed E-state index contributed by atoms with van der Waals surface area (Å²) in [7, 11) is -11.1. The van der Waals surface area contributed by atoms with Crippen molar-refractivity contribution in [2.45, 2.75) is 91.2 Å². The van der Waals surface area contributed by atoms with Gasteiger partial charge in [0.25, 0.3) is 37.6 Å². The van der Waals surface area contributed by atoms with Gasteiger partial charge in [-0.3, -0.25) is 44.0 Å². The first-order chi connectivity index (χ1) is 40.4. The number of nitrogens with zero attached hydrogens (tertiary/aromatic N) is 5. The Bertz CT molecular complexity index is 3630. The number of hydrogen-bond acceptors (Lipinski definition) is 15. The largest absolute Gasteiger partial charge is 0.501 e. The van der Waals surface area contributed by atoms with Crippen molar-refractivity contribution in [3.8, 4) is 0 Å². The van der Waals surface area contributed by atoms with Crippen molar-refractivity contribution in [3.05, 3.63) is 154 Å². The molecule has 0 saturated carbocycles. The molecule has 10 rings (SSSR count). The number of sulfonamides is 1. The Morgan fingerprint density at radius 2 is 1.42 bits per heavy atom. The molecule has 85 heavy (non-hydrogen) atoms. The van der Waals surface area contributed by atoms with E-state index in [0.717, 1.165) is 72.1 Å². The Kier molecular flexibility index (Phi) is 18.4. The smallest absolute Gasteiger partial charge is 0.380 e. The molecule has 5 aromatic carbocycles. The number of piperidine rings is 1. The van der Waals surface area contributed by atoms with Crippen LogP contribution >= 0.6 is 23.4 Å². The monoisotopic (exact) mass is 1240 g/mol. The highest BCUT2D eigenvalue weighted by Crippen LogP contribution is 2.43. The molecule has 0 aromatic heterocycles. The summed E-state index contributed by atoms with van der Waals surface area (Å²) >= 11 is 7.61. The molecular weight excluding hydrogens is 1180 g/mol. The molecule has 1 unspecified atom stereocenters. The van der Waals surface area contributed by atoms with Gasteiger partial charge in [0.05, 0.1) is 21.7 Å². The standard InChI is InChI=1S/C61H66ClF3N8O9S3/c1-60(2)24-22-49(41-9-13-44(62)14-10-41)43(36-60)38-71-30-32-72(33-31-71)46-15-11-42(12-16-46)56(75)68-85(81,82)48-17-19-52(54(35-48)84(79,80)61(63,64)65)66-45(39-83-47-6-4-3-5-7-47)23-25-69-26-28-70(29-27-69)37-40-8-18-50-51(34-40)59(78)73(58(50)77)53-20-21-55(74)67-57(53)76/h3-19,34-35,45,53,66H,20-33,36-39H2,1-2H3,(H,68,75)(H,67,74,76)/t45-,53?/m1/s1. The highest BCUT2D eigenvalue weighted by atomic mass is 35.5. The average molecular weight is 1240 g/mol. The van der Waals surface area contributed by atoms with Crippen LogP contribution in [-0.2, 0) is 36.0 Å². The van der Waals surface area contributed by atoms with Crippen molar-refractivity contribution < 1.29 is 54.0 Å². The molecule has 3 saturated heterocycles. The second kappa shape index (κ2) is 25.4. The normalized spacial score (nSPS) is 19.7. The molecular formula is C61H66ClF3N8O9S3. The van der Waals surface area contributed by atoms with Crippen LogP contribution in [0.4, 0.5) is 24.5 Å². The van der Waals surface area contributed by atoms with Crippen molar-refractivity contribution in [1.29, 1.82) is 0 Å². The van der Waals surface area contributed by atoms with Crippen LogP contribution in [0.1, 0.15) is 94.6 Å². The van der Waals surface area contributed by atoms with Gasteiger partial charge in [0, 0.05) is 111 Å². The van der Waals surface area contributed by atoms with Crippen molar-refractivity contribution in [2.75, 3.05) is 81.4 Å². The minimum atomic E-state index is -6.16. The Morgan fingerprint density at radius 3 is 2.11 bits per heavy atom. The first kappa shape index (κ1) is 61.5. The van der Waals surface area contributed by atoms with Crippen molar-refractivity contribution >= 4 is 89.7 Å². The molecule has 5 aliphatic rings. The molecule has 24 heteroatoms. The molecule has 0 radical (unpaired) electrons. The van der Waals surface area contributed by atoms with Gasteiger partial charge in [-0.1, -0.05) is 67.4 Å². The minimum Gasteiger partial charge on any atom is -0.380 e. The van der Waals surface area contributed by atoms with E-state index in [2.05, 4.69) is 56.2 Å². The number of alkyl halides is 3. The van der Waals surface area contributed by atoms with Gasteiger partial charge in [-0.25, -0.2) is 21.6 Å². The molecule has 5 aromatic rings.